The summed E-state index contributed by atoms with van der Waals surface area (Å²) in [5.41, 5.74) is 5.57. The molecule has 0 heterocycles. The maximum absolute atomic E-state index is 11.1. The highest BCUT2D eigenvalue weighted by molar-refractivity contribution is 5.17. The van der Waals surface area contributed by atoms with Crippen LogP contribution in [-0.2, 0) is 9.68 Å². The van der Waals surface area contributed by atoms with Gasteiger partial charge in [0.1, 0.15) is 12.7 Å². The minimum absolute atomic E-state index is 0.0415. The Morgan fingerprint density at radius 3 is 2.08 bits per heavy atom. The fourth-order valence-corrected chi connectivity index (χ4v) is 7.50. The molecule has 3 atom stereocenters. The van der Waals surface area contributed by atoms with Gasteiger partial charge in [-0.05, 0) is 67.7 Å². The molecule has 3 unspecified atom stereocenters. The highest BCUT2D eigenvalue weighted by Gasteiger charge is 2.67. The lowest BCUT2D eigenvalue weighted by Gasteiger charge is -2.70. The molecule has 0 radical (unpaired) electrons. The van der Waals surface area contributed by atoms with Crippen LogP contribution < -0.4 is 5.73 Å². The highest BCUT2D eigenvalue weighted by Crippen LogP contribution is 2.75. The first-order chi connectivity index (χ1) is 11.5. The van der Waals surface area contributed by atoms with Crippen molar-refractivity contribution in [1.82, 2.24) is 0 Å². The first-order valence-electron chi connectivity index (χ1n) is 8.82. The van der Waals surface area contributed by atoms with E-state index in [4.69, 9.17) is 10.6 Å². The average molecular weight is 357 g/mol. The van der Waals surface area contributed by atoms with Gasteiger partial charge in [-0.15, -0.1) is 20.2 Å². The van der Waals surface area contributed by atoms with Crippen molar-refractivity contribution in [2.24, 2.45) is 27.4 Å². The van der Waals surface area contributed by atoms with Gasteiger partial charge in [0.25, 0.3) is 10.2 Å². The highest BCUT2D eigenvalue weighted by atomic mass is 17.0. The van der Waals surface area contributed by atoms with Gasteiger partial charge in [0.2, 0.25) is 0 Å². The topological polar surface area (TPSA) is 131 Å². The van der Waals surface area contributed by atoms with Gasteiger partial charge in [-0.3, -0.25) is 0 Å². The zero-order valence-corrected chi connectivity index (χ0v) is 14.9. The Morgan fingerprint density at radius 1 is 1.00 bits per heavy atom. The molecule has 0 aromatic heterocycles. The largest absolute Gasteiger partial charge is 0.330 e. The van der Waals surface area contributed by atoms with Gasteiger partial charge in [-0.2, -0.15) is 0 Å². The maximum atomic E-state index is 11.1. The molecule has 4 fully saturated rings. The lowest BCUT2D eigenvalue weighted by Crippen LogP contribution is -2.64. The molecular formula is C16H27N3O6. The van der Waals surface area contributed by atoms with Crippen molar-refractivity contribution in [3.63, 3.8) is 0 Å². The third-order valence-electron chi connectivity index (χ3n) is 6.64. The van der Waals surface area contributed by atoms with Crippen LogP contribution in [0.2, 0.25) is 0 Å². The Morgan fingerprint density at radius 2 is 1.60 bits per heavy atom. The van der Waals surface area contributed by atoms with E-state index in [1.54, 1.807) is 0 Å². The van der Waals surface area contributed by atoms with E-state index in [-0.39, 0.29) is 16.2 Å². The lowest BCUT2D eigenvalue weighted by molar-refractivity contribution is -0.794. The van der Waals surface area contributed by atoms with Gasteiger partial charge in [-0.1, -0.05) is 13.8 Å². The van der Waals surface area contributed by atoms with E-state index in [1.165, 1.54) is 0 Å². The van der Waals surface area contributed by atoms with Crippen LogP contribution in [0.3, 0.4) is 0 Å². The third-order valence-corrected chi connectivity index (χ3v) is 6.64. The molecule has 0 amide bonds. The van der Waals surface area contributed by atoms with Crippen LogP contribution in [0, 0.1) is 41.9 Å². The third kappa shape index (κ3) is 3.26. The van der Waals surface area contributed by atoms with Crippen molar-refractivity contribution in [2.75, 3.05) is 13.2 Å². The Labute approximate surface area is 146 Å². The lowest BCUT2D eigenvalue weighted by atomic mass is 9.35. The number of nitrogens with zero attached hydrogens (tertiary/aromatic N) is 2. The minimum atomic E-state index is -0.926. The second-order valence-electron chi connectivity index (χ2n) is 9.42. The van der Waals surface area contributed by atoms with Crippen LogP contribution in [0.15, 0.2) is 0 Å². The van der Waals surface area contributed by atoms with Crippen molar-refractivity contribution in [3.05, 3.63) is 20.2 Å². The molecule has 2 N–H and O–H groups in total. The van der Waals surface area contributed by atoms with Crippen molar-refractivity contribution < 1.29 is 19.8 Å². The van der Waals surface area contributed by atoms with E-state index in [1.807, 2.05) is 0 Å². The molecule has 0 aromatic carbocycles. The van der Waals surface area contributed by atoms with Crippen LogP contribution in [-0.4, -0.2) is 29.4 Å². The quantitative estimate of drug-likeness (QED) is 0.521. The van der Waals surface area contributed by atoms with E-state index >= 15 is 0 Å². The standard InChI is InChI=1S/C16H27N3O6/c1-13-6-14(2)8-15(7-13,3-4-17)11-16(9-13,10-14)12(25-19(22)23)5-24-18(20)21/h12H,3-11,17H2,1-2H3. The second-order valence-corrected chi connectivity index (χ2v) is 9.42. The van der Waals surface area contributed by atoms with Gasteiger partial charge in [0, 0.05) is 5.41 Å². The SMILES string of the molecule is CC12CC3(C)CC(CCN)(C1)CC(C(CO[N+](=O)[O-])O[N+](=O)[O-])(C2)C3. The van der Waals surface area contributed by atoms with Crippen molar-refractivity contribution >= 4 is 0 Å². The molecule has 9 nitrogen and oxygen atoms in total. The van der Waals surface area contributed by atoms with Crippen LogP contribution in [0.1, 0.15) is 58.8 Å². The molecule has 142 valence electrons. The molecule has 4 aliphatic rings. The first kappa shape index (κ1) is 18.2. The van der Waals surface area contributed by atoms with Crippen molar-refractivity contribution in [2.45, 2.75) is 64.9 Å². The first-order valence-corrected chi connectivity index (χ1v) is 8.82. The number of hydrogen-bond acceptors (Lipinski definition) is 7. The molecule has 4 bridgehead atoms. The summed E-state index contributed by atoms with van der Waals surface area (Å²) in [6.45, 7) is 4.65. The summed E-state index contributed by atoms with van der Waals surface area (Å²) in [5.74, 6) is 0. The number of hydrogen-bond donors (Lipinski definition) is 1. The molecule has 4 saturated carbocycles. The van der Waals surface area contributed by atoms with E-state index < -0.39 is 28.3 Å². The fraction of sp³-hybridized carbons (Fsp3) is 1.00. The molecule has 0 spiro atoms. The molecule has 4 rings (SSSR count). The van der Waals surface area contributed by atoms with Gasteiger partial charge >= 0.3 is 0 Å². The van der Waals surface area contributed by atoms with Gasteiger partial charge in [0.05, 0.1) is 0 Å². The van der Waals surface area contributed by atoms with Crippen LogP contribution >= 0.6 is 0 Å². The van der Waals surface area contributed by atoms with Crippen molar-refractivity contribution in [1.29, 1.82) is 0 Å². The van der Waals surface area contributed by atoms with Crippen LogP contribution in [0.5, 0.6) is 0 Å². The number of nitrogens with two attached hydrogens (primary N) is 1. The Hall–Kier alpha value is -1.64. The summed E-state index contributed by atoms with van der Waals surface area (Å²) in [4.78, 5) is 31.2. The van der Waals surface area contributed by atoms with E-state index in [0.29, 0.717) is 6.54 Å². The molecule has 9 heteroatoms. The zero-order chi connectivity index (χ0) is 18.5. The van der Waals surface area contributed by atoms with E-state index in [9.17, 15) is 20.2 Å². The smallest absolute Gasteiger partial charge is 0.294 e. The summed E-state index contributed by atoms with van der Waals surface area (Å²) in [5, 5.41) is 20.0. The summed E-state index contributed by atoms with van der Waals surface area (Å²) >= 11 is 0. The molecule has 4 aliphatic carbocycles. The average Bonchev–Trinajstić information content (AvgIpc) is 2.38. The summed E-state index contributed by atoms with van der Waals surface area (Å²) < 4.78 is 0. The zero-order valence-electron chi connectivity index (χ0n) is 14.9. The summed E-state index contributed by atoms with van der Waals surface area (Å²) in [7, 11) is 0. The van der Waals surface area contributed by atoms with E-state index in [2.05, 4.69) is 18.7 Å². The second kappa shape index (κ2) is 5.69. The fourth-order valence-electron chi connectivity index (χ4n) is 7.50. The molecular weight excluding hydrogens is 330 g/mol. The van der Waals surface area contributed by atoms with Crippen LogP contribution in [0.25, 0.3) is 0 Å². The summed E-state index contributed by atoms with van der Waals surface area (Å²) in [6, 6.07) is 0. The monoisotopic (exact) mass is 357 g/mol. The molecule has 0 saturated heterocycles. The van der Waals surface area contributed by atoms with Crippen molar-refractivity contribution in [3.8, 4) is 0 Å². The minimum Gasteiger partial charge on any atom is -0.330 e. The maximum Gasteiger partial charge on any atom is 0.294 e. The van der Waals surface area contributed by atoms with Gasteiger partial charge in [0.15, 0.2) is 0 Å². The van der Waals surface area contributed by atoms with Crippen LogP contribution in [0.4, 0.5) is 0 Å². The summed E-state index contributed by atoms with van der Waals surface area (Å²) in [6.07, 6.45) is 5.48. The predicted molar refractivity (Wildman–Crippen MR) is 87.3 cm³/mol. The van der Waals surface area contributed by atoms with Gasteiger partial charge < -0.3 is 15.4 Å². The predicted octanol–water partition coefficient (Wildman–Crippen LogP) is 2.49. The normalized spacial score (nSPS) is 42.8. The molecule has 25 heavy (non-hydrogen) atoms. The molecule has 0 aromatic rings. The Balaban J connectivity index is 1.96. The number of rotatable bonds is 8. The Bertz CT molecular complexity index is 564. The van der Waals surface area contributed by atoms with E-state index in [0.717, 1.165) is 44.9 Å². The molecule has 0 aliphatic heterocycles. The Kier molecular flexibility index (Phi) is 4.13. The van der Waals surface area contributed by atoms with Gasteiger partial charge in [-0.25, -0.2) is 0 Å².